The first-order valence-corrected chi connectivity index (χ1v) is 12.6. The fourth-order valence-electron chi connectivity index (χ4n) is 2.56. The van der Waals surface area contributed by atoms with Gasteiger partial charge in [-0.1, -0.05) is 42.4 Å². The number of ether oxygens (including phenoxy) is 1. The summed E-state index contributed by atoms with van der Waals surface area (Å²) in [5.74, 6) is 1.82. The minimum Gasteiger partial charge on any atom is -0.439 e. The summed E-state index contributed by atoms with van der Waals surface area (Å²) in [5, 5.41) is 1.10. The Balaban J connectivity index is 1.70. The molecule has 0 fully saturated rings. The van der Waals surface area contributed by atoms with Crippen LogP contribution in [0.1, 0.15) is 24.0 Å². The number of rotatable bonds is 9. The molecule has 10 heteroatoms. The number of hydrogen-bond acceptors (Lipinski definition) is 8. The summed E-state index contributed by atoms with van der Waals surface area (Å²) in [5.41, 5.74) is 1.54. The number of aromatic nitrogens is 4. The molecule has 0 radical (unpaired) electrons. The van der Waals surface area contributed by atoms with Gasteiger partial charge in [0.1, 0.15) is 11.6 Å². The van der Waals surface area contributed by atoms with Gasteiger partial charge < -0.3 is 4.74 Å². The van der Waals surface area contributed by atoms with Crippen LogP contribution in [-0.4, -0.2) is 40.4 Å². The fourth-order valence-corrected chi connectivity index (χ4v) is 3.95. The molecule has 3 rings (SSSR count). The zero-order chi connectivity index (χ0) is 21.6. The van der Waals surface area contributed by atoms with Crippen molar-refractivity contribution in [2.45, 2.75) is 30.7 Å². The van der Waals surface area contributed by atoms with Crippen LogP contribution in [-0.2, 0) is 28.4 Å². The van der Waals surface area contributed by atoms with E-state index in [-0.39, 0.29) is 11.5 Å². The number of thioether (sulfide) groups is 1. The number of hydrogen-bond donors (Lipinski definition) is 0. The van der Waals surface area contributed by atoms with Crippen molar-refractivity contribution in [3.05, 3.63) is 64.8 Å². The molecule has 7 nitrogen and oxygen atoms in total. The van der Waals surface area contributed by atoms with Gasteiger partial charge in [-0.2, -0.15) is 4.98 Å². The minimum absolute atomic E-state index is 0.0187. The lowest BCUT2D eigenvalue weighted by Crippen LogP contribution is -2.06. The fraction of sp³-hybridized carbons (Fsp3) is 0.300. The summed E-state index contributed by atoms with van der Waals surface area (Å²) >= 11 is 7.25. The van der Waals surface area contributed by atoms with Crippen molar-refractivity contribution < 1.29 is 13.2 Å². The molecule has 0 aliphatic rings. The van der Waals surface area contributed by atoms with Gasteiger partial charge in [0, 0.05) is 36.3 Å². The first kappa shape index (κ1) is 22.5. The first-order chi connectivity index (χ1) is 14.4. The van der Waals surface area contributed by atoms with Crippen LogP contribution >= 0.6 is 23.4 Å². The van der Waals surface area contributed by atoms with Crippen molar-refractivity contribution in [3.63, 3.8) is 0 Å². The van der Waals surface area contributed by atoms with E-state index < -0.39 is 9.84 Å². The van der Waals surface area contributed by atoms with Crippen LogP contribution in [0, 0.1) is 0 Å². The molecule has 0 aliphatic carbocycles. The van der Waals surface area contributed by atoms with Crippen LogP contribution in [0.25, 0.3) is 0 Å². The van der Waals surface area contributed by atoms with Gasteiger partial charge in [0.25, 0.3) is 0 Å². The summed E-state index contributed by atoms with van der Waals surface area (Å²) < 4.78 is 29.4. The topological polar surface area (TPSA) is 94.9 Å². The van der Waals surface area contributed by atoms with Crippen LogP contribution in [0.5, 0.6) is 11.6 Å². The van der Waals surface area contributed by atoms with E-state index >= 15 is 0 Å². The van der Waals surface area contributed by atoms with Gasteiger partial charge in [-0.15, -0.1) is 0 Å². The molecule has 0 saturated carbocycles. The highest BCUT2D eigenvalue weighted by molar-refractivity contribution is 7.98. The molecule has 0 atom stereocenters. The van der Waals surface area contributed by atoms with Gasteiger partial charge in [0.15, 0.2) is 15.0 Å². The van der Waals surface area contributed by atoms with Crippen molar-refractivity contribution in [3.8, 4) is 11.6 Å². The molecular formula is C20H21ClN4O3S2. The quantitative estimate of drug-likeness (QED) is 0.344. The standard InChI is InChI=1S/C20H21ClN4O3S2/c1-3-30(26,27)13-14-4-7-17(8-5-14)28-19-10-16(24-20(25-19)29-2)6-9-18-22-11-15(21)12-23-18/h4-5,7-8,10-12H,3,6,9,13H2,1-2H3. The van der Waals surface area contributed by atoms with Gasteiger partial charge in [0.2, 0.25) is 5.88 Å². The molecule has 0 amide bonds. The Hall–Kier alpha value is -2.23. The molecule has 0 unspecified atom stereocenters. The monoisotopic (exact) mass is 464 g/mol. The molecule has 1 aromatic carbocycles. The van der Waals surface area contributed by atoms with E-state index in [4.69, 9.17) is 16.3 Å². The maximum absolute atomic E-state index is 11.8. The van der Waals surface area contributed by atoms with Crippen molar-refractivity contribution in [2.75, 3.05) is 12.0 Å². The van der Waals surface area contributed by atoms with Crippen molar-refractivity contribution in [1.82, 2.24) is 19.9 Å². The lowest BCUT2D eigenvalue weighted by molar-refractivity contribution is 0.453. The molecule has 0 bridgehead atoms. The molecule has 30 heavy (non-hydrogen) atoms. The van der Waals surface area contributed by atoms with E-state index in [1.807, 2.05) is 6.26 Å². The molecule has 2 aromatic heterocycles. The third-order valence-corrected chi connectivity index (χ3v) is 6.56. The van der Waals surface area contributed by atoms with E-state index in [2.05, 4.69) is 19.9 Å². The predicted octanol–water partition coefficient (Wildman–Crippen LogP) is 4.15. The number of aryl methyl sites for hydroxylation is 2. The smallest absolute Gasteiger partial charge is 0.223 e. The third-order valence-electron chi connectivity index (χ3n) is 4.17. The summed E-state index contributed by atoms with van der Waals surface area (Å²) in [6.07, 6.45) is 6.28. The van der Waals surface area contributed by atoms with Crippen LogP contribution in [0.2, 0.25) is 5.02 Å². The average molecular weight is 465 g/mol. The molecule has 3 aromatic rings. The van der Waals surface area contributed by atoms with Gasteiger partial charge in [-0.3, -0.25) is 0 Å². The highest BCUT2D eigenvalue weighted by Crippen LogP contribution is 2.24. The van der Waals surface area contributed by atoms with Crippen LogP contribution in [0.15, 0.2) is 47.9 Å². The first-order valence-electron chi connectivity index (χ1n) is 9.22. The van der Waals surface area contributed by atoms with Gasteiger partial charge in [-0.05, 0) is 30.4 Å². The maximum Gasteiger partial charge on any atom is 0.223 e. The van der Waals surface area contributed by atoms with Crippen molar-refractivity contribution >= 4 is 33.2 Å². The van der Waals surface area contributed by atoms with Crippen molar-refractivity contribution in [1.29, 1.82) is 0 Å². The highest BCUT2D eigenvalue weighted by atomic mass is 35.5. The molecule has 0 N–H and O–H groups in total. The second-order valence-corrected chi connectivity index (χ2v) is 9.99. The number of sulfone groups is 1. The molecule has 158 valence electrons. The lowest BCUT2D eigenvalue weighted by atomic mass is 10.2. The van der Waals surface area contributed by atoms with Gasteiger partial charge in [0.05, 0.1) is 10.8 Å². The van der Waals surface area contributed by atoms with E-state index in [1.165, 1.54) is 11.8 Å². The van der Waals surface area contributed by atoms with Crippen LogP contribution in [0.4, 0.5) is 0 Å². The van der Waals surface area contributed by atoms with E-state index in [0.717, 1.165) is 11.3 Å². The van der Waals surface area contributed by atoms with Gasteiger partial charge >= 0.3 is 0 Å². The predicted molar refractivity (Wildman–Crippen MR) is 118 cm³/mol. The molecule has 2 heterocycles. The molecule has 0 spiro atoms. The zero-order valence-electron chi connectivity index (χ0n) is 16.6. The lowest BCUT2D eigenvalue weighted by Gasteiger charge is -2.09. The summed E-state index contributed by atoms with van der Waals surface area (Å²) in [6, 6.07) is 8.76. The van der Waals surface area contributed by atoms with E-state index in [0.29, 0.717) is 40.5 Å². The normalized spacial score (nSPS) is 11.4. The van der Waals surface area contributed by atoms with E-state index in [9.17, 15) is 8.42 Å². The Morgan fingerprint density at radius 1 is 1.07 bits per heavy atom. The Morgan fingerprint density at radius 3 is 2.40 bits per heavy atom. The Bertz CT molecular complexity index is 1090. The number of nitrogens with zero attached hydrogens (tertiary/aromatic N) is 4. The largest absolute Gasteiger partial charge is 0.439 e. The SMILES string of the molecule is CCS(=O)(=O)Cc1ccc(Oc2cc(CCc3ncc(Cl)cn3)nc(SC)n2)cc1. The summed E-state index contributed by atoms with van der Waals surface area (Å²) in [4.78, 5) is 17.3. The zero-order valence-corrected chi connectivity index (χ0v) is 19.0. The number of halogens is 1. The second-order valence-electron chi connectivity index (χ2n) is 6.42. The van der Waals surface area contributed by atoms with Gasteiger partial charge in [-0.25, -0.2) is 23.4 Å². The molecular weight excluding hydrogens is 444 g/mol. The molecule has 0 aliphatic heterocycles. The van der Waals surface area contributed by atoms with Crippen molar-refractivity contribution in [2.24, 2.45) is 0 Å². The minimum atomic E-state index is -3.07. The molecule has 0 saturated heterocycles. The Labute approximate surface area is 185 Å². The summed E-state index contributed by atoms with van der Waals surface area (Å²) in [7, 11) is -3.07. The number of benzene rings is 1. The van der Waals surface area contributed by atoms with Crippen LogP contribution < -0.4 is 4.74 Å². The highest BCUT2D eigenvalue weighted by Gasteiger charge is 2.10. The average Bonchev–Trinajstić information content (AvgIpc) is 2.74. The third kappa shape index (κ3) is 6.65. The maximum atomic E-state index is 11.8. The Kier molecular flexibility index (Phi) is 7.63. The summed E-state index contributed by atoms with van der Waals surface area (Å²) in [6.45, 7) is 1.64. The second kappa shape index (κ2) is 10.2. The van der Waals surface area contributed by atoms with E-state index in [1.54, 1.807) is 49.6 Å². The van der Waals surface area contributed by atoms with Crippen LogP contribution in [0.3, 0.4) is 0 Å². The Morgan fingerprint density at radius 2 is 1.77 bits per heavy atom.